The van der Waals surface area contributed by atoms with Crippen LogP contribution in [-0.4, -0.2) is 24.8 Å². The molecule has 0 atom stereocenters. The van der Waals surface area contributed by atoms with Gasteiger partial charge in [0.25, 0.3) is 5.91 Å². The lowest BCUT2D eigenvalue weighted by Crippen LogP contribution is -2.24. The fourth-order valence-electron chi connectivity index (χ4n) is 2.61. The number of carbonyl (C=O) groups is 2. The number of anilines is 2. The van der Waals surface area contributed by atoms with E-state index in [1.165, 1.54) is 6.21 Å². The minimum absolute atomic E-state index is 0.178. The van der Waals surface area contributed by atoms with Crippen LogP contribution in [0.4, 0.5) is 16.2 Å². The molecule has 7 nitrogen and oxygen atoms in total. The van der Waals surface area contributed by atoms with Crippen molar-refractivity contribution in [3.63, 3.8) is 0 Å². The van der Waals surface area contributed by atoms with E-state index in [0.29, 0.717) is 27.7 Å². The minimum Gasteiger partial charge on any atom is -0.482 e. The third kappa shape index (κ3) is 6.87. The van der Waals surface area contributed by atoms with Gasteiger partial charge in [0.05, 0.1) is 11.2 Å². The van der Waals surface area contributed by atoms with Crippen LogP contribution >= 0.6 is 11.6 Å². The SMILES string of the molecule is Cc1ccccc1NC(=O)NN=Cc1ccc(OCC(=O)Nc2ccccc2)c(Cl)c1. The molecule has 3 rings (SSSR count). The van der Waals surface area contributed by atoms with Crippen LogP contribution in [-0.2, 0) is 4.79 Å². The van der Waals surface area contributed by atoms with Crippen LogP contribution in [0.25, 0.3) is 0 Å². The molecule has 158 valence electrons. The summed E-state index contributed by atoms with van der Waals surface area (Å²) >= 11 is 6.22. The van der Waals surface area contributed by atoms with Crippen molar-refractivity contribution in [3.8, 4) is 5.75 Å². The molecule has 0 aliphatic heterocycles. The number of carbonyl (C=O) groups excluding carboxylic acids is 2. The number of nitrogens with one attached hydrogen (secondary N) is 3. The Labute approximate surface area is 185 Å². The normalized spacial score (nSPS) is 10.5. The predicted octanol–water partition coefficient (Wildman–Crippen LogP) is 4.82. The highest BCUT2D eigenvalue weighted by molar-refractivity contribution is 6.32. The van der Waals surface area contributed by atoms with Gasteiger partial charge >= 0.3 is 6.03 Å². The Bertz CT molecular complexity index is 1090. The molecule has 3 amide bonds. The van der Waals surface area contributed by atoms with Gasteiger partial charge < -0.3 is 15.4 Å². The topological polar surface area (TPSA) is 91.8 Å². The summed E-state index contributed by atoms with van der Waals surface area (Å²) in [5.74, 6) is 0.0732. The number of hydrogen-bond donors (Lipinski definition) is 3. The summed E-state index contributed by atoms with van der Waals surface area (Å²) in [6.07, 6.45) is 1.45. The maximum atomic E-state index is 12.0. The molecule has 0 saturated heterocycles. The molecule has 0 fully saturated rings. The molecule has 0 radical (unpaired) electrons. The van der Waals surface area contributed by atoms with Gasteiger partial charge in [-0.2, -0.15) is 5.10 Å². The van der Waals surface area contributed by atoms with Crippen molar-refractivity contribution in [1.29, 1.82) is 0 Å². The number of aryl methyl sites for hydroxylation is 1. The number of amides is 3. The van der Waals surface area contributed by atoms with Gasteiger partial charge in [-0.05, 0) is 54.4 Å². The molecule has 0 bridgehead atoms. The minimum atomic E-state index is -0.457. The maximum Gasteiger partial charge on any atom is 0.339 e. The average molecular weight is 437 g/mol. The standard InChI is InChI=1S/C23H21ClN4O3/c1-16-7-5-6-10-20(16)27-23(30)28-25-14-17-11-12-21(19(24)13-17)31-15-22(29)26-18-8-3-2-4-9-18/h2-14H,15H2,1H3,(H,26,29)(H2,27,28,30). The summed E-state index contributed by atoms with van der Waals surface area (Å²) in [7, 11) is 0. The Morgan fingerprint density at radius 2 is 1.74 bits per heavy atom. The molecule has 3 aromatic carbocycles. The van der Waals surface area contributed by atoms with E-state index >= 15 is 0 Å². The van der Waals surface area contributed by atoms with Crippen LogP contribution in [0.1, 0.15) is 11.1 Å². The van der Waals surface area contributed by atoms with Crippen LogP contribution < -0.4 is 20.8 Å². The smallest absolute Gasteiger partial charge is 0.339 e. The highest BCUT2D eigenvalue weighted by Gasteiger charge is 2.07. The molecular weight excluding hydrogens is 416 g/mol. The van der Waals surface area contributed by atoms with E-state index in [1.807, 2.05) is 43.3 Å². The molecule has 0 aromatic heterocycles. The van der Waals surface area contributed by atoms with Crippen LogP contribution in [0.3, 0.4) is 0 Å². The second kappa shape index (κ2) is 10.8. The first kappa shape index (κ1) is 21.9. The molecule has 3 N–H and O–H groups in total. The number of rotatable bonds is 7. The number of benzene rings is 3. The van der Waals surface area contributed by atoms with Crippen molar-refractivity contribution in [2.24, 2.45) is 5.10 Å². The second-order valence-electron chi connectivity index (χ2n) is 6.53. The zero-order valence-electron chi connectivity index (χ0n) is 16.8. The lowest BCUT2D eigenvalue weighted by atomic mass is 10.2. The molecule has 0 heterocycles. The number of nitrogens with zero attached hydrogens (tertiary/aromatic N) is 1. The lowest BCUT2D eigenvalue weighted by Gasteiger charge is -2.09. The Balaban J connectivity index is 1.49. The van der Waals surface area contributed by atoms with E-state index in [4.69, 9.17) is 16.3 Å². The first-order chi connectivity index (χ1) is 15.0. The molecule has 0 spiro atoms. The van der Waals surface area contributed by atoms with E-state index in [1.54, 1.807) is 36.4 Å². The Morgan fingerprint density at radius 3 is 2.48 bits per heavy atom. The van der Waals surface area contributed by atoms with E-state index in [0.717, 1.165) is 5.56 Å². The van der Waals surface area contributed by atoms with Gasteiger partial charge in [0.1, 0.15) is 5.75 Å². The first-order valence-corrected chi connectivity index (χ1v) is 9.82. The summed E-state index contributed by atoms with van der Waals surface area (Å²) in [4.78, 5) is 23.9. The van der Waals surface area contributed by atoms with Gasteiger partial charge in [0.15, 0.2) is 6.61 Å². The Morgan fingerprint density at radius 1 is 1.00 bits per heavy atom. The number of para-hydroxylation sites is 2. The van der Waals surface area contributed by atoms with Crippen LogP contribution in [0.5, 0.6) is 5.75 Å². The molecule has 3 aromatic rings. The van der Waals surface area contributed by atoms with Crippen molar-refractivity contribution in [2.45, 2.75) is 6.92 Å². The molecule has 0 unspecified atom stereocenters. The van der Waals surface area contributed by atoms with E-state index in [9.17, 15) is 9.59 Å². The molecule has 0 aliphatic rings. The monoisotopic (exact) mass is 436 g/mol. The van der Waals surface area contributed by atoms with Gasteiger partial charge in [-0.15, -0.1) is 0 Å². The number of halogens is 1. The van der Waals surface area contributed by atoms with Crippen molar-refractivity contribution in [3.05, 3.63) is 88.9 Å². The molecule has 0 saturated carbocycles. The van der Waals surface area contributed by atoms with Gasteiger partial charge in [-0.3, -0.25) is 4.79 Å². The fourth-order valence-corrected chi connectivity index (χ4v) is 2.85. The van der Waals surface area contributed by atoms with Crippen LogP contribution in [0, 0.1) is 6.92 Å². The summed E-state index contributed by atoms with van der Waals surface area (Å²) in [6.45, 7) is 1.72. The lowest BCUT2D eigenvalue weighted by molar-refractivity contribution is -0.118. The number of hydrazone groups is 1. The largest absolute Gasteiger partial charge is 0.482 e. The first-order valence-electron chi connectivity index (χ1n) is 9.44. The van der Waals surface area contributed by atoms with Gasteiger partial charge in [-0.25, -0.2) is 10.2 Å². The Hall–Kier alpha value is -3.84. The average Bonchev–Trinajstić information content (AvgIpc) is 2.75. The van der Waals surface area contributed by atoms with Crippen molar-refractivity contribution in [1.82, 2.24) is 5.43 Å². The Kier molecular flexibility index (Phi) is 7.61. The highest BCUT2D eigenvalue weighted by Crippen LogP contribution is 2.25. The van der Waals surface area contributed by atoms with Crippen LogP contribution in [0.15, 0.2) is 77.9 Å². The summed E-state index contributed by atoms with van der Waals surface area (Å²) in [6, 6.07) is 21.0. The molecule has 0 aliphatic carbocycles. The maximum absolute atomic E-state index is 12.0. The third-order valence-corrected chi connectivity index (χ3v) is 4.44. The quantitative estimate of drug-likeness (QED) is 0.366. The van der Waals surface area contributed by atoms with E-state index < -0.39 is 6.03 Å². The number of ether oxygens (including phenoxy) is 1. The van der Waals surface area contributed by atoms with Crippen molar-refractivity contribution in [2.75, 3.05) is 17.2 Å². The number of hydrogen-bond acceptors (Lipinski definition) is 4. The predicted molar refractivity (Wildman–Crippen MR) is 123 cm³/mol. The zero-order valence-corrected chi connectivity index (χ0v) is 17.5. The number of urea groups is 1. The molecular formula is C23H21ClN4O3. The highest BCUT2D eigenvalue weighted by atomic mass is 35.5. The molecule has 8 heteroatoms. The summed E-state index contributed by atoms with van der Waals surface area (Å²) in [5.41, 5.74) is 5.39. The van der Waals surface area contributed by atoms with Crippen LogP contribution in [0.2, 0.25) is 5.02 Å². The van der Waals surface area contributed by atoms with Gasteiger partial charge in [0.2, 0.25) is 0 Å². The van der Waals surface area contributed by atoms with Crippen molar-refractivity contribution >= 4 is 41.1 Å². The fraction of sp³-hybridized carbons (Fsp3) is 0.0870. The zero-order chi connectivity index (χ0) is 22.1. The second-order valence-corrected chi connectivity index (χ2v) is 6.94. The molecule has 31 heavy (non-hydrogen) atoms. The van der Waals surface area contributed by atoms with E-state index in [2.05, 4.69) is 21.2 Å². The van der Waals surface area contributed by atoms with Gasteiger partial charge in [-0.1, -0.05) is 48.0 Å². The summed E-state index contributed by atoms with van der Waals surface area (Å²) in [5, 5.41) is 9.67. The van der Waals surface area contributed by atoms with Crippen molar-refractivity contribution < 1.29 is 14.3 Å². The summed E-state index contributed by atoms with van der Waals surface area (Å²) < 4.78 is 5.48. The third-order valence-electron chi connectivity index (χ3n) is 4.15. The van der Waals surface area contributed by atoms with E-state index in [-0.39, 0.29) is 12.5 Å². The van der Waals surface area contributed by atoms with Gasteiger partial charge in [0, 0.05) is 11.4 Å².